The number of nitrogens with one attached hydrogen (secondary N) is 2. The number of hydrogen-bond acceptors (Lipinski definition) is 4. The molecule has 0 radical (unpaired) electrons. The smallest absolute Gasteiger partial charge is 0.319 e. The molecule has 0 aliphatic rings. The van der Waals surface area contributed by atoms with Gasteiger partial charge in [-0.15, -0.1) is 0 Å². The van der Waals surface area contributed by atoms with Gasteiger partial charge in [-0.25, -0.2) is 4.79 Å². The molecule has 6 heteroatoms. The SMILES string of the molecule is COCc1cccc(NC(=O)NCC(C)(O)c2cc(C)oc2C)c1. The molecule has 0 aliphatic carbocycles. The fourth-order valence-corrected chi connectivity index (χ4v) is 2.59. The van der Waals surface area contributed by atoms with Gasteiger partial charge in [0.05, 0.1) is 13.2 Å². The minimum atomic E-state index is -1.21. The van der Waals surface area contributed by atoms with Crippen molar-refractivity contribution in [3.05, 3.63) is 53.0 Å². The van der Waals surface area contributed by atoms with Crippen molar-refractivity contribution >= 4 is 11.7 Å². The van der Waals surface area contributed by atoms with Crippen molar-refractivity contribution < 1.29 is 19.1 Å². The van der Waals surface area contributed by atoms with Gasteiger partial charge in [-0.05, 0) is 44.5 Å². The van der Waals surface area contributed by atoms with Crippen LogP contribution in [0.5, 0.6) is 0 Å². The fourth-order valence-electron chi connectivity index (χ4n) is 2.59. The molecule has 0 fully saturated rings. The zero-order valence-corrected chi connectivity index (χ0v) is 14.5. The summed E-state index contributed by atoms with van der Waals surface area (Å²) in [5.41, 5.74) is 1.09. The summed E-state index contributed by atoms with van der Waals surface area (Å²) in [7, 11) is 1.62. The van der Waals surface area contributed by atoms with Crippen molar-refractivity contribution in [2.75, 3.05) is 19.0 Å². The maximum atomic E-state index is 12.1. The first-order chi connectivity index (χ1) is 11.3. The van der Waals surface area contributed by atoms with Gasteiger partial charge in [0.2, 0.25) is 0 Å². The Balaban J connectivity index is 1.95. The van der Waals surface area contributed by atoms with Crippen LogP contribution in [-0.2, 0) is 16.9 Å². The lowest BCUT2D eigenvalue weighted by atomic mass is 9.96. The first kappa shape index (κ1) is 18.0. The maximum absolute atomic E-state index is 12.1. The molecule has 1 aromatic carbocycles. The van der Waals surface area contributed by atoms with Crippen molar-refractivity contribution in [3.63, 3.8) is 0 Å². The van der Waals surface area contributed by atoms with E-state index in [0.29, 0.717) is 23.6 Å². The molecule has 0 saturated carbocycles. The summed E-state index contributed by atoms with van der Waals surface area (Å²) in [5.74, 6) is 1.37. The molecular formula is C18H24N2O4. The van der Waals surface area contributed by atoms with Gasteiger partial charge in [0.15, 0.2) is 0 Å². The fraction of sp³-hybridized carbons (Fsp3) is 0.389. The van der Waals surface area contributed by atoms with Gasteiger partial charge >= 0.3 is 6.03 Å². The lowest BCUT2D eigenvalue weighted by Gasteiger charge is -2.23. The van der Waals surface area contributed by atoms with Crippen LogP contribution in [0.15, 0.2) is 34.7 Å². The molecule has 1 heterocycles. The molecule has 2 rings (SSSR count). The topological polar surface area (TPSA) is 83.7 Å². The van der Waals surface area contributed by atoms with E-state index in [9.17, 15) is 9.90 Å². The minimum Gasteiger partial charge on any atom is -0.466 e. The van der Waals surface area contributed by atoms with Gasteiger partial charge in [-0.1, -0.05) is 12.1 Å². The normalized spacial score (nSPS) is 13.4. The number of ether oxygens (including phenoxy) is 1. The van der Waals surface area contributed by atoms with Crippen LogP contribution in [0, 0.1) is 13.8 Å². The van der Waals surface area contributed by atoms with E-state index in [0.717, 1.165) is 11.3 Å². The number of rotatable bonds is 6. The monoisotopic (exact) mass is 332 g/mol. The van der Waals surface area contributed by atoms with Crippen LogP contribution in [0.4, 0.5) is 10.5 Å². The number of urea groups is 1. The van der Waals surface area contributed by atoms with Crippen molar-refractivity contribution in [2.24, 2.45) is 0 Å². The molecular weight excluding hydrogens is 308 g/mol. The number of methoxy groups -OCH3 is 1. The average Bonchev–Trinajstić information content (AvgIpc) is 2.86. The summed E-state index contributed by atoms with van der Waals surface area (Å²) in [5, 5.41) is 16.0. The van der Waals surface area contributed by atoms with E-state index in [1.165, 1.54) is 0 Å². The Labute approximate surface area is 141 Å². The van der Waals surface area contributed by atoms with E-state index in [1.807, 2.05) is 25.1 Å². The Morgan fingerprint density at radius 3 is 2.71 bits per heavy atom. The number of amides is 2. The summed E-state index contributed by atoms with van der Waals surface area (Å²) in [6.45, 7) is 5.79. The second kappa shape index (κ2) is 7.51. The number of carbonyl (C=O) groups excluding carboxylic acids is 1. The van der Waals surface area contributed by atoms with Gasteiger partial charge in [-0.3, -0.25) is 0 Å². The Bertz CT molecular complexity index is 707. The molecule has 1 unspecified atom stereocenters. The van der Waals surface area contributed by atoms with Gasteiger partial charge in [0, 0.05) is 18.4 Å². The van der Waals surface area contributed by atoms with E-state index in [-0.39, 0.29) is 12.6 Å². The molecule has 3 N–H and O–H groups in total. The van der Waals surface area contributed by atoms with Crippen LogP contribution in [0.2, 0.25) is 0 Å². The molecule has 0 bridgehead atoms. The summed E-state index contributed by atoms with van der Waals surface area (Å²) in [6.07, 6.45) is 0. The molecule has 1 aromatic heterocycles. The van der Waals surface area contributed by atoms with Crippen LogP contribution >= 0.6 is 0 Å². The lowest BCUT2D eigenvalue weighted by molar-refractivity contribution is 0.0584. The second-order valence-electron chi connectivity index (χ2n) is 6.04. The summed E-state index contributed by atoms with van der Waals surface area (Å²) >= 11 is 0. The van der Waals surface area contributed by atoms with E-state index >= 15 is 0 Å². The summed E-state index contributed by atoms with van der Waals surface area (Å²) in [4.78, 5) is 12.1. The van der Waals surface area contributed by atoms with Crippen molar-refractivity contribution in [1.29, 1.82) is 0 Å². The highest BCUT2D eigenvalue weighted by Crippen LogP contribution is 2.26. The standard InChI is InChI=1S/C18H24N2O4/c1-12-8-16(13(2)24-12)18(3,22)11-19-17(21)20-15-7-5-6-14(9-15)10-23-4/h5-9,22H,10-11H2,1-4H3,(H2,19,20,21). The summed E-state index contributed by atoms with van der Waals surface area (Å²) in [6, 6.07) is 8.79. The Hall–Kier alpha value is -2.31. The average molecular weight is 332 g/mol. The zero-order chi connectivity index (χ0) is 17.7. The van der Waals surface area contributed by atoms with Crippen molar-refractivity contribution in [3.8, 4) is 0 Å². The predicted octanol–water partition coefficient (Wildman–Crippen LogP) is 3.07. The van der Waals surface area contributed by atoms with E-state index in [2.05, 4.69) is 10.6 Å². The van der Waals surface area contributed by atoms with Crippen LogP contribution in [0.3, 0.4) is 0 Å². The third-order valence-electron chi connectivity index (χ3n) is 3.71. The first-order valence-electron chi connectivity index (χ1n) is 7.74. The Morgan fingerprint density at radius 2 is 2.08 bits per heavy atom. The number of carbonyl (C=O) groups is 1. The highest BCUT2D eigenvalue weighted by Gasteiger charge is 2.28. The third kappa shape index (κ3) is 4.59. The highest BCUT2D eigenvalue weighted by molar-refractivity contribution is 5.89. The van der Waals surface area contributed by atoms with Crippen molar-refractivity contribution in [2.45, 2.75) is 33.0 Å². The van der Waals surface area contributed by atoms with E-state index in [1.54, 1.807) is 33.1 Å². The molecule has 0 saturated heterocycles. The predicted molar refractivity (Wildman–Crippen MR) is 91.9 cm³/mol. The summed E-state index contributed by atoms with van der Waals surface area (Å²) < 4.78 is 10.5. The number of furan rings is 1. The second-order valence-corrected chi connectivity index (χ2v) is 6.04. The van der Waals surface area contributed by atoms with Gasteiger partial charge in [-0.2, -0.15) is 0 Å². The highest BCUT2D eigenvalue weighted by atomic mass is 16.5. The Kier molecular flexibility index (Phi) is 5.64. The molecule has 130 valence electrons. The van der Waals surface area contributed by atoms with Gasteiger partial charge in [0.1, 0.15) is 17.1 Å². The van der Waals surface area contributed by atoms with Crippen LogP contribution in [0.25, 0.3) is 0 Å². The molecule has 24 heavy (non-hydrogen) atoms. The first-order valence-corrected chi connectivity index (χ1v) is 7.74. The van der Waals surface area contributed by atoms with Crippen LogP contribution in [0.1, 0.15) is 29.6 Å². The lowest BCUT2D eigenvalue weighted by Crippen LogP contribution is -2.40. The largest absolute Gasteiger partial charge is 0.466 e. The molecule has 1 atom stereocenters. The zero-order valence-electron chi connectivity index (χ0n) is 14.5. The quantitative estimate of drug-likeness (QED) is 0.759. The molecule has 0 aliphatic heterocycles. The minimum absolute atomic E-state index is 0.0659. The third-order valence-corrected chi connectivity index (χ3v) is 3.71. The Morgan fingerprint density at radius 1 is 1.33 bits per heavy atom. The van der Waals surface area contributed by atoms with Crippen LogP contribution < -0.4 is 10.6 Å². The number of hydrogen-bond donors (Lipinski definition) is 3. The number of aryl methyl sites for hydroxylation is 2. The molecule has 2 aromatic rings. The van der Waals surface area contributed by atoms with Gasteiger partial charge in [0.25, 0.3) is 0 Å². The number of anilines is 1. The van der Waals surface area contributed by atoms with E-state index < -0.39 is 5.60 Å². The maximum Gasteiger partial charge on any atom is 0.319 e. The molecule has 2 amide bonds. The van der Waals surface area contributed by atoms with Gasteiger partial charge < -0.3 is 24.9 Å². The van der Waals surface area contributed by atoms with Crippen LogP contribution in [-0.4, -0.2) is 24.8 Å². The number of benzene rings is 1. The van der Waals surface area contributed by atoms with Crippen molar-refractivity contribution in [1.82, 2.24) is 5.32 Å². The molecule has 6 nitrogen and oxygen atoms in total. The molecule has 0 spiro atoms. The van der Waals surface area contributed by atoms with E-state index in [4.69, 9.17) is 9.15 Å². The number of aliphatic hydroxyl groups is 1.